The molecule has 92 valence electrons. The van der Waals surface area contributed by atoms with Gasteiger partial charge in [-0.25, -0.2) is 4.39 Å². The van der Waals surface area contributed by atoms with Crippen LogP contribution in [0.4, 0.5) is 4.39 Å². The van der Waals surface area contributed by atoms with Crippen molar-refractivity contribution in [1.29, 1.82) is 0 Å². The fourth-order valence-electron chi connectivity index (χ4n) is 1.17. The van der Waals surface area contributed by atoms with E-state index in [1.807, 2.05) is 5.32 Å². The van der Waals surface area contributed by atoms with Crippen molar-refractivity contribution in [3.63, 3.8) is 0 Å². The SMILES string of the molecule is O=[C-]NC(Cc1cccc(F)c1)C(=O)O.[Fm]. The number of rotatable bonds is 5. The van der Waals surface area contributed by atoms with Gasteiger partial charge in [0.15, 0.2) is 0 Å². The van der Waals surface area contributed by atoms with Gasteiger partial charge in [-0.05, 0) is 17.7 Å². The number of halogens is 1. The number of carbonyl (C=O) groups is 1. The maximum atomic E-state index is 12.8. The molecule has 0 aliphatic heterocycles. The van der Waals surface area contributed by atoms with Crippen LogP contribution in [0.25, 0.3) is 0 Å². The quantitative estimate of drug-likeness (QED) is 0.490. The monoisotopic (exact) mass is 467 g/mol. The molecule has 0 heterocycles. The fourth-order valence-corrected chi connectivity index (χ4v) is 1.17. The molecule has 2 N–H and O–H groups in total. The van der Waals surface area contributed by atoms with E-state index in [4.69, 9.17) is 5.11 Å². The Bertz CT molecular complexity index is 373. The van der Waals surface area contributed by atoms with E-state index in [9.17, 15) is 14.0 Å². The first-order valence-electron chi connectivity index (χ1n) is 4.23. The minimum Gasteiger partial charge on any atom is -0.520 e. The molecule has 1 aromatic rings. The number of hydrogen-bond acceptors (Lipinski definition) is 2. The van der Waals surface area contributed by atoms with Crippen molar-refractivity contribution in [1.82, 2.24) is 5.32 Å². The molecule has 0 aromatic heterocycles. The number of hydrogen-bond donors (Lipinski definition) is 2. The first-order chi connectivity index (χ1) is 7.13. The second-order valence-electron chi connectivity index (χ2n) is 2.97. The van der Waals surface area contributed by atoms with Gasteiger partial charge >= 0.3 is 5.97 Å². The Kier molecular flexibility index (Phi) is 4.70. The zero-order chi connectivity index (χ0) is 11.3. The topological polar surface area (TPSA) is 66.4 Å². The molecule has 0 saturated carbocycles. The average molecular weight is 467 g/mol. The van der Waals surface area contributed by atoms with Crippen molar-refractivity contribution in [2.75, 3.05) is 0 Å². The zero-order valence-corrected chi connectivity index (χ0v) is 10.4. The van der Waals surface area contributed by atoms with Crippen LogP contribution in [-0.2, 0) is 16.0 Å². The number of carbonyl (C=O) groups excluding carboxylic acids is 1. The largest absolute Gasteiger partial charge is 0.520 e. The number of carboxylic acids is 1. The van der Waals surface area contributed by atoms with E-state index in [2.05, 4.69) is 0 Å². The number of carboxylic acid groups (broad SMARTS) is 1. The third-order valence-electron chi connectivity index (χ3n) is 1.86. The summed E-state index contributed by atoms with van der Waals surface area (Å²) >= 11 is 0. The first-order valence-corrected chi connectivity index (χ1v) is 4.23. The van der Waals surface area contributed by atoms with Crippen LogP contribution < -0.4 is 5.32 Å². The summed E-state index contributed by atoms with van der Waals surface area (Å²) in [6, 6.07) is 4.48. The van der Waals surface area contributed by atoms with Crippen molar-refractivity contribution in [2.24, 2.45) is 0 Å². The summed E-state index contributed by atoms with van der Waals surface area (Å²) in [6.45, 7) is 0. The summed E-state index contributed by atoms with van der Waals surface area (Å²) in [7, 11) is 0. The molecule has 0 aliphatic rings. The fraction of sp³-hybridized carbons (Fsp3) is 0.200. The molecule has 0 saturated heterocycles. The molecule has 4 nitrogen and oxygen atoms in total. The van der Waals surface area contributed by atoms with Gasteiger partial charge < -0.3 is 15.2 Å². The molecule has 0 radical (unpaired) electrons. The van der Waals surface area contributed by atoms with Crippen LogP contribution in [0.2, 0.25) is 0 Å². The van der Waals surface area contributed by atoms with Crippen molar-refractivity contribution in [3.05, 3.63) is 35.6 Å². The summed E-state index contributed by atoms with van der Waals surface area (Å²) in [5, 5.41) is 10.7. The maximum Gasteiger partial charge on any atom is 0.323 e. The number of amides is 1. The van der Waals surface area contributed by atoms with Gasteiger partial charge in [0.1, 0.15) is 11.9 Å². The van der Waals surface area contributed by atoms with Gasteiger partial charge in [-0.15, -0.1) is 0 Å². The second-order valence-corrected chi connectivity index (χ2v) is 2.97. The van der Waals surface area contributed by atoms with Gasteiger partial charge in [-0.2, -0.15) is 6.41 Å². The molecule has 0 bridgehead atoms. The second kappa shape index (κ2) is 5.74. The molecular formula is C10H9FFmNO3-. The van der Waals surface area contributed by atoms with E-state index >= 15 is 0 Å². The molecule has 1 atom stereocenters. The van der Waals surface area contributed by atoms with Gasteiger partial charge in [0.25, 0.3) is 0 Å². The zero-order valence-electron chi connectivity index (χ0n) is 8.02. The summed E-state index contributed by atoms with van der Waals surface area (Å²) in [5.74, 6) is -1.62. The molecule has 16 heavy (non-hydrogen) atoms. The minimum atomic E-state index is -1.18. The minimum absolute atomic E-state index is 0. The molecule has 1 unspecified atom stereocenters. The Morgan fingerprint density at radius 3 is 2.75 bits per heavy atom. The third kappa shape index (κ3) is 3.45. The van der Waals surface area contributed by atoms with Crippen LogP contribution in [0, 0.1) is 5.82 Å². The number of aliphatic carboxylic acids is 1. The molecule has 0 spiro atoms. The van der Waals surface area contributed by atoms with E-state index in [0.29, 0.717) is 5.56 Å². The Balaban J connectivity index is 0.00000225. The van der Waals surface area contributed by atoms with Gasteiger partial charge in [-0.1, -0.05) is 12.1 Å². The number of benzene rings is 1. The predicted octanol–water partition coefficient (Wildman–Crippen LogP) is 0.478. The summed E-state index contributed by atoms with van der Waals surface area (Å²) in [5.41, 5.74) is 0.505. The third-order valence-corrected chi connectivity index (χ3v) is 1.86. The van der Waals surface area contributed by atoms with E-state index in [1.54, 1.807) is 6.07 Å². The summed E-state index contributed by atoms with van der Waals surface area (Å²) in [6.07, 6.45) is 1.34. The smallest absolute Gasteiger partial charge is 0.323 e. The molecule has 1 amide bonds. The predicted molar refractivity (Wildman–Crippen MR) is 50.4 cm³/mol. The van der Waals surface area contributed by atoms with Crippen LogP contribution in [0.5, 0.6) is 0 Å². The molecule has 1 aromatic carbocycles. The standard InChI is InChI=1S/C10H9FNO3.Fm/c11-8-3-1-2-7(4-8)5-9(10(14)15)12-6-13;/h1-4,9H,5H2,(H,12,13)(H,14,15);/q-1;. The molecule has 0 aliphatic carbocycles. The normalized spacial score (nSPS) is 11.1. The van der Waals surface area contributed by atoms with Gasteiger partial charge in [0.05, 0.1) is 0 Å². The van der Waals surface area contributed by atoms with Crippen LogP contribution in [0.1, 0.15) is 5.56 Å². The molecule has 6 heteroatoms. The molecule has 1 rings (SSSR count). The summed E-state index contributed by atoms with van der Waals surface area (Å²) < 4.78 is 12.8. The van der Waals surface area contributed by atoms with E-state index in [1.165, 1.54) is 24.6 Å². The summed E-state index contributed by atoms with van der Waals surface area (Å²) in [4.78, 5) is 20.6. The van der Waals surface area contributed by atoms with Crippen molar-refractivity contribution >= 4 is 12.4 Å². The maximum absolute atomic E-state index is 12.8. The van der Waals surface area contributed by atoms with Crippen molar-refractivity contribution in [2.45, 2.75) is 12.5 Å². The Hall–Kier alpha value is -2.91. The van der Waals surface area contributed by atoms with E-state index in [-0.39, 0.29) is 6.42 Å². The van der Waals surface area contributed by atoms with Crippen molar-refractivity contribution < 1.29 is 19.1 Å². The Morgan fingerprint density at radius 2 is 2.25 bits per heavy atom. The van der Waals surface area contributed by atoms with Gasteiger partial charge in [0, 0.05) is 6.42 Å². The van der Waals surface area contributed by atoms with Crippen molar-refractivity contribution in [3.8, 4) is 0 Å². The van der Waals surface area contributed by atoms with Crippen LogP contribution >= 0.6 is 0 Å². The van der Waals surface area contributed by atoms with Gasteiger partial charge in [-0.3, -0.25) is 4.79 Å². The van der Waals surface area contributed by atoms with E-state index in [0.717, 1.165) is 0 Å². The molecule has 0 fully saturated rings. The Labute approximate surface area is 85.7 Å². The first kappa shape index (κ1) is 13.1. The average Bonchev–Trinajstić information content (AvgIpc) is 2.17. The Morgan fingerprint density at radius 1 is 1.56 bits per heavy atom. The van der Waals surface area contributed by atoms with Gasteiger partial charge in [0.2, 0.25) is 0 Å². The van der Waals surface area contributed by atoms with Crippen LogP contribution in [0.15, 0.2) is 24.3 Å². The molecular weight excluding hydrogens is 458 g/mol. The van der Waals surface area contributed by atoms with E-state index < -0.39 is 17.8 Å². The number of nitrogens with one attached hydrogen (secondary N) is 1. The van der Waals surface area contributed by atoms with Crippen LogP contribution in [0.3, 0.4) is 0 Å². The van der Waals surface area contributed by atoms with Crippen LogP contribution in [-0.4, -0.2) is 23.5 Å².